The summed E-state index contributed by atoms with van der Waals surface area (Å²) in [6, 6.07) is 27.4. The van der Waals surface area contributed by atoms with Gasteiger partial charge in [-0.25, -0.2) is 0 Å². The lowest BCUT2D eigenvalue weighted by Gasteiger charge is -2.14. The Hall–Kier alpha value is -3.40. The third-order valence-electron chi connectivity index (χ3n) is 4.40. The first kappa shape index (κ1) is 19.4. The van der Waals surface area contributed by atoms with Gasteiger partial charge in [0, 0.05) is 6.54 Å². The molecule has 0 saturated carbocycles. The van der Waals surface area contributed by atoms with E-state index in [2.05, 4.69) is 5.32 Å². The van der Waals surface area contributed by atoms with E-state index in [9.17, 15) is 9.59 Å². The van der Waals surface area contributed by atoms with Gasteiger partial charge < -0.3 is 10.1 Å². The highest BCUT2D eigenvalue weighted by Crippen LogP contribution is 2.19. The maximum Gasteiger partial charge on any atom is 0.311 e. The monoisotopic (exact) mass is 373 g/mol. The Morgan fingerprint density at radius 1 is 0.786 bits per heavy atom. The van der Waals surface area contributed by atoms with E-state index >= 15 is 0 Å². The fourth-order valence-electron chi connectivity index (χ4n) is 2.83. The molecule has 0 saturated heterocycles. The van der Waals surface area contributed by atoms with Crippen LogP contribution < -0.4 is 5.32 Å². The number of hydrogen-bond donors (Lipinski definition) is 1. The average molecular weight is 373 g/mol. The Kier molecular flexibility index (Phi) is 6.58. The molecule has 3 aromatic rings. The van der Waals surface area contributed by atoms with E-state index in [0.717, 1.165) is 22.3 Å². The Balaban J connectivity index is 1.48. The molecule has 3 rings (SSSR count). The average Bonchev–Trinajstić information content (AvgIpc) is 2.74. The van der Waals surface area contributed by atoms with Crippen LogP contribution in [-0.4, -0.2) is 18.0 Å². The molecule has 0 bridgehead atoms. The molecule has 0 heterocycles. The molecule has 1 amide bonds. The predicted molar refractivity (Wildman–Crippen MR) is 109 cm³/mol. The summed E-state index contributed by atoms with van der Waals surface area (Å²) in [7, 11) is 0. The molecule has 142 valence electrons. The van der Waals surface area contributed by atoms with Gasteiger partial charge in [-0.05, 0) is 29.2 Å². The van der Waals surface area contributed by atoms with Crippen LogP contribution in [0.3, 0.4) is 0 Å². The first-order valence-corrected chi connectivity index (χ1v) is 9.27. The molecule has 3 aromatic carbocycles. The Bertz CT molecular complexity index is 906. The van der Waals surface area contributed by atoms with E-state index in [4.69, 9.17) is 4.74 Å². The number of carbonyl (C=O) groups excluding carboxylic acids is 2. The number of benzene rings is 3. The fraction of sp³-hybridized carbons (Fsp3) is 0.167. The number of hydrogen-bond acceptors (Lipinski definition) is 3. The summed E-state index contributed by atoms with van der Waals surface area (Å²) < 4.78 is 5.27. The van der Waals surface area contributed by atoms with E-state index in [1.165, 1.54) is 0 Å². The molecule has 0 aliphatic rings. The van der Waals surface area contributed by atoms with Crippen molar-refractivity contribution in [2.24, 2.45) is 0 Å². The second-order valence-electron chi connectivity index (χ2n) is 6.58. The normalized spacial score (nSPS) is 11.5. The quantitative estimate of drug-likeness (QED) is 0.633. The molecule has 28 heavy (non-hydrogen) atoms. The highest BCUT2D eigenvalue weighted by Gasteiger charge is 2.17. The second kappa shape index (κ2) is 9.51. The van der Waals surface area contributed by atoms with Crippen LogP contribution in [0.5, 0.6) is 0 Å². The van der Waals surface area contributed by atoms with E-state index in [1.54, 1.807) is 6.92 Å². The van der Waals surface area contributed by atoms with Crippen LogP contribution in [0.2, 0.25) is 0 Å². The summed E-state index contributed by atoms with van der Waals surface area (Å²) in [5.41, 5.74) is 4.06. The molecule has 4 nitrogen and oxygen atoms in total. The number of ether oxygens (including phenoxy) is 1. The third kappa shape index (κ3) is 5.55. The van der Waals surface area contributed by atoms with Crippen LogP contribution in [0.25, 0.3) is 11.1 Å². The van der Waals surface area contributed by atoms with Crippen molar-refractivity contribution >= 4 is 11.9 Å². The van der Waals surface area contributed by atoms with Crippen molar-refractivity contribution in [2.75, 3.05) is 0 Å². The van der Waals surface area contributed by atoms with Gasteiger partial charge >= 0.3 is 5.97 Å². The van der Waals surface area contributed by atoms with Crippen LogP contribution in [-0.2, 0) is 27.3 Å². The molecule has 0 aromatic heterocycles. The molecule has 4 heteroatoms. The zero-order valence-corrected chi connectivity index (χ0v) is 15.8. The van der Waals surface area contributed by atoms with Gasteiger partial charge in [-0.15, -0.1) is 0 Å². The molecular formula is C24H23NO3. The summed E-state index contributed by atoms with van der Waals surface area (Å²) in [5, 5.41) is 2.78. The zero-order valence-electron chi connectivity index (χ0n) is 15.8. The Morgan fingerprint density at radius 3 is 2.00 bits per heavy atom. The number of esters is 1. The van der Waals surface area contributed by atoms with Crippen molar-refractivity contribution < 1.29 is 14.3 Å². The number of amides is 1. The summed E-state index contributed by atoms with van der Waals surface area (Å²) in [5.74, 6) is -0.730. The predicted octanol–water partition coefficient (Wildman–Crippen LogP) is 4.14. The van der Waals surface area contributed by atoms with Crippen molar-refractivity contribution in [1.82, 2.24) is 5.32 Å². The first-order valence-electron chi connectivity index (χ1n) is 9.27. The first-order chi connectivity index (χ1) is 13.6. The minimum Gasteiger partial charge on any atom is -0.452 e. The van der Waals surface area contributed by atoms with E-state index in [-0.39, 0.29) is 12.3 Å². The van der Waals surface area contributed by atoms with E-state index < -0.39 is 12.1 Å². The summed E-state index contributed by atoms with van der Waals surface area (Å²) >= 11 is 0. The number of rotatable bonds is 7. The molecular weight excluding hydrogens is 350 g/mol. The Morgan fingerprint density at radius 2 is 1.36 bits per heavy atom. The van der Waals surface area contributed by atoms with Gasteiger partial charge in [-0.1, -0.05) is 84.9 Å². The molecule has 0 unspecified atom stereocenters. The minimum absolute atomic E-state index is 0.130. The number of carbonyl (C=O) groups is 2. The molecule has 0 fully saturated rings. The van der Waals surface area contributed by atoms with Crippen LogP contribution in [0.4, 0.5) is 0 Å². The summed E-state index contributed by atoms with van der Waals surface area (Å²) in [6.45, 7) is 1.99. The van der Waals surface area contributed by atoms with E-state index in [1.807, 2.05) is 84.9 Å². The number of nitrogens with one attached hydrogen (secondary N) is 1. The second-order valence-corrected chi connectivity index (χ2v) is 6.58. The topological polar surface area (TPSA) is 55.4 Å². The third-order valence-corrected chi connectivity index (χ3v) is 4.40. The largest absolute Gasteiger partial charge is 0.452 e. The van der Waals surface area contributed by atoms with Gasteiger partial charge in [0.15, 0.2) is 6.10 Å². The van der Waals surface area contributed by atoms with Crippen molar-refractivity contribution in [1.29, 1.82) is 0 Å². The van der Waals surface area contributed by atoms with Crippen LogP contribution in [0.15, 0.2) is 84.9 Å². The van der Waals surface area contributed by atoms with Gasteiger partial charge in [-0.3, -0.25) is 9.59 Å². The van der Waals surface area contributed by atoms with E-state index in [0.29, 0.717) is 6.54 Å². The van der Waals surface area contributed by atoms with Crippen LogP contribution in [0, 0.1) is 0 Å². The standard InChI is InChI=1S/C24H23NO3/c1-18(24(27)25-17-20-8-4-2-5-9-20)28-23(26)16-19-12-14-22(15-13-19)21-10-6-3-7-11-21/h2-15,18H,16-17H2,1H3,(H,25,27)/t18-/m1/s1. The molecule has 0 aliphatic carbocycles. The molecule has 1 atom stereocenters. The maximum absolute atomic E-state index is 12.2. The summed E-state index contributed by atoms with van der Waals surface area (Å²) in [4.78, 5) is 24.3. The van der Waals surface area contributed by atoms with Crippen molar-refractivity contribution in [2.45, 2.75) is 26.0 Å². The van der Waals surface area contributed by atoms with Crippen molar-refractivity contribution in [3.05, 3.63) is 96.1 Å². The molecule has 1 N–H and O–H groups in total. The smallest absolute Gasteiger partial charge is 0.311 e. The highest BCUT2D eigenvalue weighted by molar-refractivity contribution is 5.84. The van der Waals surface area contributed by atoms with Crippen molar-refractivity contribution in [3.63, 3.8) is 0 Å². The van der Waals surface area contributed by atoms with Gasteiger partial charge in [0.25, 0.3) is 5.91 Å². The van der Waals surface area contributed by atoms with Gasteiger partial charge in [0.05, 0.1) is 6.42 Å². The van der Waals surface area contributed by atoms with Crippen LogP contribution >= 0.6 is 0 Å². The highest BCUT2D eigenvalue weighted by atomic mass is 16.5. The lowest BCUT2D eigenvalue weighted by atomic mass is 10.0. The minimum atomic E-state index is -0.834. The van der Waals surface area contributed by atoms with Gasteiger partial charge in [-0.2, -0.15) is 0 Å². The Labute approximate surface area is 165 Å². The summed E-state index contributed by atoms with van der Waals surface area (Å²) in [6.07, 6.45) is -0.703. The SMILES string of the molecule is C[C@@H](OC(=O)Cc1ccc(-c2ccccc2)cc1)C(=O)NCc1ccccc1. The van der Waals surface area contributed by atoms with Crippen molar-refractivity contribution in [3.8, 4) is 11.1 Å². The fourth-order valence-corrected chi connectivity index (χ4v) is 2.83. The van der Waals surface area contributed by atoms with Gasteiger partial charge in [0.1, 0.15) is 0 Å². The lowest BCUT2D eigenvalue weighted by Crippen LogP contribution is -2.35. The van der Waals surface area contributed by atoms with Crippen LogP contribution in [0.1, 0.15) is 18.1 Å². The maximum atomic E-state index is 12.2. The molecule has 0 spiro atoms. The molecule has 0 aliphatic heterocycles. The molecule has 0 radical (unpaired) electrons. The van der Waals surface area contributed by atoms with Gasteiger partial charge in [0.2, 0.25) is 0 Å². The lowest BCUT2D eigenvalue weighted by molar-refractivity contribution is -0.154. The zero-order chi connectivity index (χ0) is 19.8.